The van der Waals surface area contributed by atoms with Gasteiger partial charge < -0.3 is 20.9 Å². The molecule has 0 aliphatic carbocycles. The number of rotatable bonds is 8. The lowest BCUT2D eigenvalue weighted by Crippen LogP contribution is -2.14. The van der Waals surface area contributed by atoms with Crippen LogP contribution in [0, 0.1) is 11.6 Å². The smallest absolute Gasteiger partial charge is 0.277 e. The Labute approximate surface area is 173 Å². The molecule has 2 heterocycles. The fourth-order valence-electron chi connectivity index (χ4n) is 2.45. The van der Waals surface area contributed by atoms with Gasteiger partial charge in [0.25, 0.3) is 5.91 Å². The number of nitrogens with one attached hydrogen (secondary N) is 1. The minimum atomic E-state index is -0.791. The molecule has 0 saturated heterocycles. The number of anilines is 2. The molecule has 3 rings (SSSR count). The third kappa shape index (κ3) is 5.05. The quantitative estimate of drug-likeness (QED) is 0.458. The number of carbonyl (C=O) groups excluding carboxylic acids is 1. The Morgan fingerprint density at radius 2 is 2.10 bits per heavy atom. The van der Waals surface area contributed by atoms with E-state index in [4.69, 9.17) is 10.5 Å². The lowest BCUT2D eigenvalue weighted by molar-refractivity contribution is 0.102. The molecule has 11 heteroatoms. The van der Waals surface area contributed by atoms with Crippen LogP contribution in [-0.2, 0) is 0 Å². The maximum atomic E-state index is 14.0. The first-order valence-corrected chi connectivity index (χ1v) is 10.2. The van der Waals surface area contributed by atoms with Gasteiger partial charge >= 0.3 is 0 Å². The van der Waals surface area contributed by atoms with Crippen LogP contribution in [0.25, 0.3) is 10.6 Å². The molecule has 3 aromatic rings. The summed E-state index contributed by atoms with van der Waals surface area (Å²) in [5.41, 5.74) is 5.72. The summed E-state index contributed by atoms with van der Waals surface area (Å²) < 4.78 is 37.5. The highest BCUT2D eigenvalue weighted by molar-refractivity contribution is 7.19. The molecule has 0 aliphatic heterocycles. The standard InChI is InChI=1S/C18H18F2N4O3S2/c1-9(25)4-3-7-27-18-12(8-22-29-18)23-16(26)14-15(21)28-17(24-14)13-10(19)5-2-6-11(13)20/h2,5-6,8-9,25H,3-4,7,21H2,1H3,(H,23,26). The molecular formula is C18H18F2N4O3S2. The molecule has 154 valence electrons. The molecular weight excluding hydrogens is 422 g/mol. The van der Waals surface area contributed by atoms with Gasteiger partial charge in [-0.15, -0.1) is 0 Å². The van der Waals surface area contributed by atoms with Crippen LogP contribution in [0.5, 0.6) is 5.06 Å². The van der Waals surface area contributed by atoms with Crippen molar-refractivity contribution in [2.75, 3.05) is 17.7 Å². The van der Waals surface area contributed by atoms with E-state index in [2.05, 4.69) is 14.7 Å². The first-order chi connectivity index (χ1) is 13.9. The van der Waals surface area contributed by atoms with Crippen LogP contribution >= 0.6 is 22.9 Å². The van der Waals surface area contributed by atoms with Gasteiger partial charge in [-0.3, -0.25) is 4.79 Å². The average Bonchev–Trinajstić information content (AvgIpc) is 3.25. The van der Waals surface area contributed by atoms with Crippen molar-refractivity contribution in [3.05, 3.63) is 41.7 Å². The predicted octanol–water partition coefficient (Wildman–Crippen LogP) is 3.92. The molecule has 29 heavy (non-hydrogen) atoms. The van der Waals surface area contributed by atoms with Gasteiger partial charge in [0.1, 0.15) is 27.3 Å². The summed E-state index contributed by atoms with van der Waals surface area (Å²) in [6, 6.07) is 3.45. The molecule has 7 nitrogen and oxygen atoms in total. The third-order valence-corrected chi connectivity index (χ3v) is 5.45. The summed E-state index contributed by atoms with van der Waals surface area (Å²) >= 11 is 1.88. The van der Waals surface area contributed by atoms with E-state index >= 15 is 0 Å². The fraction of sp³-hybridized carbons (Fsp3) is 0.278. The SMILES string of the molecule is CC(O)CCCOc1sncc1NC(=O)c1nc(-c2c(F)cccc2F)sc1N. The summed E-state index contributed by atoms with van der Waals surface area (Å²) in [5, 5.41) is 12.3. The number of aliphatic hydroxyl groups is 1. The number of ether oxygens (including phenoxy) is 1. The largest absolute Gasteiger partial charge is 0.481 e. The number of aromatic nitrogens is 2. The molecule has 0 aliphatic rings. The molecule has 1 amide bonds. The first kappa shape index (κ1) is 21.1. The normalized spacial score (nSPS) is 12.0. The van der Waals surface area contributed by atoms with E-state index in [-0.39, 0.29) is 21.3 Å². The topological polar surface area (TPSA) is 110 Å². The zero-order chi connectivity index (χ0) is 21.0. The van der Waals surface area contributed by atoms with Crippen LogP contribution in [0.2, 0.25) is 0 Å². The molecule has 0 bridgehead atoms. The van der Waals surface area contributed by atoms with E-state index < -0.39 is 23.6 Å². The number of nitrogen functional groups attached to an aromatic ring is 1. The number of hydrogen-bond donors (Lipinski definition) is 3. The van der Waals surface area contributed by atoms with Crippen LogP contribution in [0.15, 0.2) is 24.4 Å². The second kappa shape index (κ2) is 9.25. The second-order valence-corrected chi connectivity index (χ2v) is 7.94. The Bertz CT molecular complexity index is 987. The summed E-state index contributed by atoms with van der Waals surface area (Å²) in [4.78, 5) is 16.6. The van der Waals surface area contributed by atoms with Gasteiger partial charge in [-0.1, -0.05) is 17.4 Å². The van der Waals surface area contributed by atoms with Crippen LogP contribution in [-0.4, -0.2) is 33.1 Å². The van der Waals surface area contributed by atoms with Gasteiger partial charge in [-0.05, 0) is 31.9 Å². The number of benzene rings is 1. The lowest BCUT2D eigenvalue weighted by atomic mass is 10.2. The van der Waals surface area contributed by atoms with Gasteiger partial charge in [0.2, 0.25) is 5.06 Å². The van der Waals surface area contributed by atoms with Crippen molar-refractivity contribution in [1.82, 2.24) is 9.36 Å². The molecule has 0 saturated carbocycles. The molecule has 1 atom stereocenters. The molecule has 0 spiro atoms. The van der Waals surface area contributed by atoms with E-state index in [1.165, 1.54) is 12.3 Å². The summed E-state index contributed by atoms with van der Waals surface area (Å²) in [7, 11) is 0. The van der Waals surface area contributed by atoms with Crippen LogP contribution in [0.4, 0.5) is 19.5 Å². The first-order valence-electron chi connectivity index (χ1n) is 8.64. The van der Waals surface area contributed by atoms with Crippen LogP contribution in [0.3, 0.4) is 0 Å². The Balaban J connectivity index is 1.73. The number of amides is 1. The monoisotopic (exact) mass is 440 g/mol. The molecule has 1 aromatic carbocycles. The van der Waals surface area contributed by atoms with Crippen LogP contribution < -0.4 is 15.8 Å². The number of nitrogens with two attached hydrogens (primary N) is 1. The summed E-state index contributed by atoms with van der Waals surface area (Å²) in [5.74, 6) is -2.22. The average molecular weight is 440 g/mol. The number of carbonyl (C=O) groups is 1. The Morgan fingerprint density at radius 3 is 2.79 bits per heavy atom. The van der Waals surface area contributed by atoms with Crippen molar-refractivity contribution in [3.63, 3.8) is 0 Å². The zero-order valence-electron chi connectivity index (χ0n) is 15.3. The molecule has 4 N–H and O–H groups in total. The molecule has 0 radical (unpaired) electrons. The number of thiazole rings is 1. The van der Waals surface area contributed by atoms with Gasteiger partial charge in [-0.25, -0.2) is 13.8 Å². The fourth-order valence-corrected chi connectivity index (χ4v) is 3.91. The van der Waals surface area contributed by atoms with E-state index in [0.717, 1.165) is 35.0 Å². The van der Waals surface area contributed by atoms with E-state index in [1.807, 2.05) is 0 Å². The maximum absolute atomic E-state index is 14.0. The highest BCUT2D eigenvalue weighted by atomic mass is 32.1. The number of aliphatic hydroxyl groups excluding tert-OH is 1. The Kier molecular flexibility index (Phi) is 6.72. The van der Waals surface area contributed by atoms with Crippen LogP contribution in [0.1, 0.15) is 30.3 Å². The number of hydrogen-bond acceptors (Lipinski definition) is 8. The van der Waals surface area contributed by atoms with Crippen molar-refractivity contribution < 1.29 is 23.4 Å². The Morgan fingerprint density at radius 1 is 1.38 bits per heavy atom. The second-order valence-electron chi connectivity index (χ2n) is 6.15. The highest BCUT2D eigenvalue weighted by Crippen LogP contribution is 2.35. The van der Waals surface area contributed by atoms with Gasteiger partial charge in [0.05, 0.1) is 24.5 Å². The number of nitrogens with zero attached hydrogens (tertiary/aromatic N) is 2. The minimum Gasteiger partial charge on any atom is -0.481 e. The van der Waals surface area contributed by atoms with Crippen molar-refractivity contribution in [2.45, 2.75) is 25.9 Å². The van der Waals surface area contributed by atoms with Crippen molar-refractivity contribution in [2.24, 2.45) is 0 Å². The minimum absolute atomic E-state index is 0.0266. The van der Waals surface area contributed by atoms with E-state index in [9.17, 15) is 18.7 Å². The maximum Gasteiger partial charge on any atom is 0.277 e. The summed E-state index contributed by atoms with van der Waals surface area (Å²) in [6.45, 7) is 2.05. The van der Waals surface area contributed by atoms with Gasteiger partial charge in [0.15, 0.2) is 5.69 Å². The van der Waals surface area contributed by atoms with Crippen molar-refractivity contribution >= 4 is 39.5 Å². The molecule has 1 unspecified atom stereocenters. The van der Waals surface area contributed by atoms with E-state index in [0.29, 0.717) is 30.2 Å². The molecule has 2 aromatic heterocycles. The summed E-state index contributed by atoms with van der Waals surface area (Å²) in [6.07, 6.45) is 2.23. The predicted molar refractivity (Wildman–Crippen MR) is 108 cm³/mol. The number of halogens is 2. The third-order valence-electron chi connectivity index (χ3n) is 3.83. The lowest BCUT2D eigenvalue weighted by Gasteiger charge is -2.08. The Hall–Kier alpha value is -2.63. The van der Waals surface area contributed by atoms with Crippen molar-refractivity contribution in [1.29, 1.82) is 0 Å². The zero-order valence-corrected chi connectivity index (χ0v) is 16.9. The molecule has 0 fully saturated rings. The van der Waals surface area contributed by atoms with Crippen molar-refractivity contribution in [3.8, 4) is 15.6 Å². The van der Waals surface area contributed by atoms with E-state index in [1.54, 1.807) is 6.92 Å². The van der Waals surface area contributed by atoms with Gasteiger partial charge in [0, 0.05) is 11.5 Å². The van der Waals surface area contributed by atoms with Gasteiger partial charge in [-0.2, -0.15) is 4.37 Å². The highest BCUT2D eigenvalue weighted by Gasteiger charge is 2.22.